The fraction of sp³-hybridized carbons (Fsp3) is 0.263. The fourth-order valence-electron chi connectivity index (χ4n) is 2.23. The second-order valence-corrected chi connectivity index (χ2v) is 7.48. The van der Waals surface area contributed by atoms with Crippen LogP contribution < -0.4 is 10.6 Å². The Kier molecular flexibility index (Phi) is 5.62. The molecule has 0 aliphatic heterocycles. The Morgan fingerprint density at radius 3 is 2.25 bits per heavy atom. The highest BCUT2D eigenvalue weighted by Gasteiger charge is 2.15. The lowest BCUT2D eigenvalue weighted by molar-refractivity contribution is 0.0977. The number of carbonyl (C=O) groups excluding carboxylic acids is 1. The van der Waals surface area contributed by atoms with Gasteiger partial charge in [-0.25, -0.2) is 0 Å². The highest BCUT2D eigenvalue weighted by atomic mass is 35.5. The predicted octanol–water partition coefficient (Wildman–Crippen LogP) is 5.07. The van der Waals surface area contributed by atoms with Gasteiger partial charge in [0.25, 0.3) is 5.91 Å². The third kappa shape index (κ3) is 4.56. The molecule has 126 valence electrons. The van der Waals surface area contributed by atoms with Crippen molar-refractivity contribution in [2.75, 3.05) is 5.32 Å². The van der Waals surface area contributed by atoms with Gasteiger partial charge in [-0.3, -0.25) is 10.1 Å². The lowest BCUT2D eigenvalue weighted by Crippen LogP contribution is -2.34. The van der Waals surface area contributed by atoms with Gasteiger partial charge in [0.2, 0.25) is 0 Å². The second-order valence-electron chi connectivity index (χ2n) is 6.67. The number of amides is 1. The Morgan fingerprint density at radius 1 is 1.08 bits per heavy atom. The number of nitrogens with one attached hydrogen (secondary N) is 2. The molecule has 2 aromatic rings. The van der Waals surface area contributed by atoms with Crippen molar-refractivity contribution >= 4 is 40.5 Å². The lowest BCUT2D eigenvalue weighted by Gasteiger charge is -2.19. The molecule has 0 fully saturated rings. The van der Waals surface area contributed by atoms with Crippen LogP contribution in [0.15, 0.2) is 42.5 Å². The molecule has 0 saturated carbocycles. The Hall–Kier alpha value is -1.91. The third-order valence-electron chi connectivity index (χ3n) is 3.70. The molecule has 2 N–H and O–H groups in total. The average Bonchev–Trinajstić information content (AvgIpc) is 2.50. The van der Waals surface area contributed by atoms with Crippen LogP contribution in [-0.4, -0.2) is 11.0 Å². The summed E-state index contributed by atoms with van der Waals surface area (Å²) < 4.78 is 0. The third-order valence-corrected chi connectivity index (χ3v) is 4.22. The standard InChI is InChI=1S/C19H21ClN2OS/c1-12-6-5-7-15(20)16(12)21-18(24)22-17(23)13-8-10-14(11-9-13)19(2,3)4/h5-11H,1-4H3,(H2,21,22,23,24). The van der Waals surface area contributed by atoms with E-state index in [1.54, 1.807) is 18.2 Å². The minimum Gasteiger partial charge on any atom is -0.331 e. The van der Waals surface area contributed by atoms with Crippen molar-refractivity contribution in [3.63, 3.8) is 0 Å². The molecule has 0 saturated heterocycles. The Bertz CT molecular complexity index is 744. The van der Waals surface area contributed by atoms with E-state index in [1.165, 1.54) is 5.56 Å². The molecule has 0 heterocycles. The number of thiocarbonyl (C=S) groups is 1. The zero-order valence-corrected chi connectivity index (χ0v) is 15.8. The Labute approximate surface area is 153 Å². The van der Waals surface area contributed by atoms with Gasteiger partial charge in [-0.2, -0.15) is 0 Å². The maximum absolute atomic E-state index is 12.3. The molecule has 2 rings (SSSR count). The molecular weight excluding hydrogens is 340 g/mol. The molecular formula is C19H21ClN2OS. The van der Waals surface area contributed by atoms with E-state index in [0.717, 1.165) is 5.56 Å². The van der Waals surface area contributed by atoms with E-state index in [1.807, 2.05) is 31.2 Å². The van der Waals surface area contributed by atoms with Crippen molar-refractivity contribution in [1.82, 2.24) is 5.32 Å². The van der Waals surface area contributed by atoms with Crippen LogP contribution in [-0.2, 0) is 5.41 Å². The largest absolute Gasteiger partial charge is 0.331 e. The summed E-state index contributed by atoms with van der Waals surface area (Å²) in [6, 6.07) is 13.1. The molecule has 3 nitrogen and oxygen atoms in total. The summed E-state index contributed by atoms with van der Waals surface area (Å²) in [4.78, 5) is 12.3. The van der Waals surface area contributed by atoms with E-state index in [4.69, 9.17) is 23.8 Å². The quantitative estimate of drug-likeness (QED) is 0.734. The smallest absolute Gasteiger partial charge is 0.257 e. The van der Waals surface area contributed by atoms with Crippen LogP contribution in [0.5, 0.6) is 0 Å². The molecule has 0 radical (unpaired) electrons. The van der Waals surface area contributed by atoms with E-state index < -0.39 is 0 Å². The van der Waals surface area contributed by atoms with Gasteiger partial charge in [-0.05, 0) is 53.9 Å². The first-order valence-electron chi connectivity index (χ1n) is 7.66. The fourth-order valence-corrected chi connectivity index (χ4v) is 2.70. The van der Waals surface area contributed by atoms with Crippen molar-refractivity contribution in [2.45, 2.75) is 33.1 Å². The number of anilines is 1. The molecule has 24 heavy (non-hydrogen) atoms. The number of rotatable bonds is 2. The van der Waals surface area contributed by atoms with E-state index in [2.05, 4.69) is 31.4 Å². The minimum atomic E-state index is -0.252. The van der Waals surface area contributed by atoms with Crippen LogP contribution in [0.2, 0.25) is 5.02 Å². The summed E-state index contributed by atoms with van der Waals surface area (Å²) >= 11 is 11.4. The number of hydrogen-bond donors (Lipinski definition) is 2. The number of para-hydroxylation sites is 1. The number of halogens is 1. The zero-order chi connectivity index (χ0) is 17.9. The van der Waals surface area contributed by atoms with Gasteiger partial charge in [0.05, 0.1) is 10.7 Å². The summed E-state index contributed by atoms with van der Waals surface area (Å²) in [6.45, 7) is 8.32. The normalized spacial score (nSPS) is 11.0. The molecule has 0 atom stereocenters. The van der Waals surface area contributed by atoms with Crippen molar-refractivity contribution in [3.8, 4) is 0 Å². The van der Waals surface area contributed by atoms with E-state index >= 15 is 0 Å². The lowest BCUT2D eigenvalue weighted by atomic mass is 9.87. The van der Waals surface area contributed by atoms with Crippen LogP contribution in [0, 0.1) is 6.92 Å². The predicted molar refractivity (Wildman–Crippen MR) is 105 cm³/mol. The molecule has 0 bridgehead atoms. The first-order chi connectivity index (χ1) is 11.2. The minimum absolute atomic E-state index is 0.0491. The Balaban J connectivity index is 2.05. The van der Waals surface area contributed by atoms with Gasteiger partial charge >= 0.3 is 0 Å². The van der Waals surface area contributed by atoms with Crippen molar-refractivity contribution in [2.24, 2.45) is 0 Å². The van der Waals surface area contributed by atoms with E-state index in [9.17, 15) is 4.79 Å². The number of aryl methyl sites for hydroxylation is 1. The first-order valence-corrected chi connectivity index (χ1v) is 8.45. The summed E-state index contributed by atoms with van der Waals surface area (Å²) in [5, 5.41) is 6.44. The average molecular weight is 361 g/mol. The second kappa shape index (κ2) is 7.32. The molecule has 0 spiro atoms. The topological polar surface area (TPSA) is 41.1 Å². The van der Waals surface area contributed by atoms with Gasteiger partial charge < -0.3 is 5.32 Å². The number of hydrogen-bond acceptors (Lipinski definition) is 2. The number of benzene rings is 2. The van der Waals surface area contributed by atoms with Crippen LogP contribution >= 0.6 is 23.8 Å². The molecule has 5 heteroatoms. The molecule has 1 amide bonds. The maximum Gasteiger partial charge on any atom is 0.257 e. The highest BCUT2D eigenvalue weighted by molar-refractivity contribution is 7.80. The zero-order valence-electron chi connectivity index (χ0n) is 14.2. The highest BCUT2D eigenvalue weighted by Crippen LogP contribution is 2.25. The van der Waals surface area contributed by atoms with Crippen LogP contribution in [0.25, 0.3) is 0 Å². The Morgan fingerprint density at radius 2 is 1.71 bits per heavy atom. The van der Waals surface area contributed by atoms with Gasteiger partial charge in [0, 0.05) is 5.56 Å². The van der Waals surface area contributed by atoms with Gasteiger partial charge in [-0.1, -0.05) is 56.6 Å². The first kappa shape index (κ1) is 18.4. The van der Waals surface area contributed by atoms with E-state index in [0.29, 0.717) is 16.3 Å². The summed E-state index contributed by atoms with van der Waals surface area (Å²) in [7, 11) is 0. The molecule has 0 aromatic heterocycles. The van der Waals surface area contributed by atoms with Gasteiger partial charge in [0.1, 0.15) is 0 Å². The van der Waals surface area contributed by atoms with Crippen LogP contribution in [0.3, 0.4) is 0 Å². The summed E-state index contributed by atoms with van der Waals surface area (Å²) in [5.74, 6) is -0.252. The maximum atomic E-state index is 12.3. The monoisotopic (exact) mass is 360 g/mol. The van der Waals surface area contributed by atoms with Crippen molar-refractivity contribution in [1.29, 1.82) is 0 Å². The van der Waals surface area contributed by atoms with E-state index in [-0.39, 0.29) is 16.4 Å². The molecule has 0 unspecified atom stereocenters. The summed E-state index contributed by atoms with van der Waals surface area (Å²) in [6.07, 6.45) is 0. The SMILES string of the molecule is Cc1cccc(Cl)c1NC(=S)NC(=O)c1ccc(C(C)(C)C)cc1. The molecule has 0 aliphatic rings. The molecule has 0 aliphatic carbocycles. The van der Waals surface area contributed by atoms with Gasteiger partial charge in [0.15, 0.2) is 5.11 Å². The number of carbonyl (C=O) groups is 1. The van der Waals surface area contributed by atoms with Gasteiger partial charge in [-0.15, -0.1) is 0 Å². The molecule has 2 aromatic carbocycles. The van der Waals surface area contributed by atoms with Crippen LogP contribution in [0.1, 0.15) is 42.3 Å². The van der Waals surface area contributed by atoms with Crippen LogP contribution in [0.4, 0.5) is 5.69 Å². The van der Waals surface area contributed by atoms with Crippen molar-refractivity contribution in [3.05, 3.63) is 64.2 Å². The summed E-state index contributed by atoms with van der Waals surface area (Å²) in [5.41, 5.74) is 3.43. The van der Waals surface area contributed by atoms with Crippen molar-refractivity contribution < 1.29 is 4.79 Å².